The third kappa shape index (κ3) is 5.97. The van der Waals surface area contributed by atoms with Crippen molar-refractivity contribution in [2.24, 2.45) is 0 Å². The van der Waals surface area contributed by atoms with Crippen molar-refractivity contribution in [2.75, 3.05) is 25.0 Å². The lowest BCUT2D eigenvalue weighted by atomic mass is 10.0. The predicted molar refractivity (Wildman–Crippen MR) is 138 cm³/mol. The summed E-state index contributed by atoms with van der Waals surface area (Å²) in [4.78, 5) is 27.6. The normalized spacial score (nSPS) is 15.0. The van der Waals surface area contributed by atoms with Crippen LogP contribution in [-0.2, 0) is 4.79 Å². The maximum Gasteiger partial charge on any atom is 0.257 e. The average Bonchev–Trinajstić information content (AvgIpc) is 3.33. The molecule has 1 fully saturated rings. The summed E-state index contributed by atoms with van der Waals surface area (Å²) in [6.45, 7) is 5.40. The Morgan fingerprint density at radius 1 is 1.11 bits per heavy atom. The Bertz CT molecular complexity index is 1190. The molecular weight excluding hydrogens is 487 g/mol. The maximum atomic E-state index is 13.1. The summed E-state index contributed by atoms with van der Waals surface area (Å²) in [5.74, 6) is 0.0279. The summed E-state index contributed by atoms with van der Waals surface area (Å²) >= 11 is 12.1. The van der Waals surface area contributed by atoms with E-state index in [9.17, 15) is 9.59 Å². The predicted octanol–water partition coefficient (Wildman–Crippen LogP) is 5.81. The van der Waals surface area contributed by atoms with Gasteiger partial charge in [-0.25, -0.2) is 0 Å². The molecule has 1 aliphatic rings. The molecule has 0 saturated carbocycles. The summed E-state index contributed by atoms with van der Waals surface area (Å²) in [5, 5.41) is 8.54. The molecule has 184 valence electrons. The van der Waals surface area contributed by atoms with Gasteiger partial charge in [0.2, 0.25) is 5.91 Å². The van der Waals surface area contributed by atoms with E-state index in [1.165, 1.54) is 0 Å². The topological polar surface area (TPSA) is 76.5 Å². The van der Waals surface area contributed by atoms with Crippen LogP contribution in [0.5, 0.6) is 5.75 Å². The summed E-state index contributed by atoms with van der Waals surface area (Å²) in [6.07, 6.45) is 5.02. The molecule has 1 aliphatic heterocycles. The van der Waals surface area contributed by atoms with Gasteiger partial charge in [0.25, 0.3) is 5.91 Å². The second kappa shape index (κ2) is 11.1. The average molecular weight is 515 g/mol. The smallest absolute Gasteiger partial charge is 0.257 e. The van der Waals surface area contributed by atoms with Gasteiger partial charge in [0.05, 0.1) is 36.0 Å². The largest absolute Gasteiger partial charge is 0.493 e. The monoisotopic (exact) mass is 514 g/mol. The first-order valence-corrected chi connectivity index (χ1v) is 12.4. The van der Waals surface area contributed by atoms with Gasteiger partial charge >= 0.3 is 0 Å². The fraction of sp³-hybridized carbons (Fsp3) is 0.346. The van der Waals surface area contributed by atoms with Crippen molar-refractivity contribution in [3.8, 4) is 5.75 Å². The number of benzene rings is 2. The zero-order valence-electron chi connectivity index (χ0n) is 19.7. The van der Waals surface area contributed by atoms with E-state index in [2.05, 4.69) is 10.4 Å². The van der Waals surface area contributed by atoms with Gasteiger partial charge in [-0.3, -0.25) is 14.3 Å². The van der Waals surface area contributed by atoms with Crippen LogP contribution in [-0.4, -0.2) is 46.2 Å². The van der Waals surface area contributed by atoms with Gasteiger partial charge in [-0.05, 0) is 62.6 Å². The zero-order chi connectivity index (χ0) is 24.9. The van der Waals surface area contributed by atoms with E-state index in [1.54, 1.807) is 36.5 Å². The van der Waals surface area contributed by atoms with Crippen LogP contribution in [0.15, 0.2) is 54.9 Å². The Balaban J connectivity index is 1.35. The number of rotatable bonds is 7. The summed E-state index contributed by atoms with van der Waals surface area (Å²) in [7, 11) is 0. The lowest BCUT2D eigenvalue weighted by Gasteiger charge is -2.32. The molecule has 2 aromatic carbocycles. The van der Waals surface area contributed by atoms with Crippen LogP contribution in [0.25, 0.3) is 0 Å². The van der Waals surface area contributed by atoms with Gasteiger partial charge in [0.1, 0.15) is 5.75 Å². The number of nitrogens with one attached hydrogen (secondary N) is 1. The number of likely N-dealkylation sites (tertiary alicyclic amines) is 1. The van der Waals surface area contributed by atoms with Gasteiger partial charge in [-0.2, -0.15) is 5.10 Å². The minimum absolute atomic E-state index is 0.0843. The Hall–Kier alpha value is -3.03. The molecule has 0 aliphatic carbocycles. The molecule has 4 rings (SSSR count). The third-order valence-corrected chi connectivity index (χ3v) is 6.72. The van der Waals surface area contributed by atoms with Gasteiger partial charge in [0.15, 0.2) is 0 Å². The first-order chi connectivity index (χ1) is 16.9. The fourth-order valence-corrected chi connectivity index (χ4v) is 4.51. The zero-order valence-corrected chi connectivity index (χ0v) is 21.2. The van der Waals surface area contributed by atoms with E-state index >= 15 is 0 Å². The van der Waals surface area contributed by atoms with Crippen molar-refractivity contribution in [1.82, 2.24) is 14.7 Å². The Labute approximate surface area is 215 Å². The van der Waals surface area contributed by atoms with Crippen LogP contribution in [0.3, 0.4) is 0 Å². The highest BCUT2D eigenvalue weighted by atomic mass is 35.5. The molecule has 0 bridgehead atoms. The number of carbonyl (C=O) groups is 2. The van der Waals surface area contributed by atoms with Crippen LogP contribution < -0.4 is 10.1 Å². The van der Waals surface area contributed by atoms with Crippen molar-refractivity contribution in [3.63, 3.8) is 0 Å². The van der Waals surface area contributed by atoms with Gasteiger partial charge in [-0.15, -0.1) is 0 Å². The van der Waals surface area contributed by atoms with Crippen LogP contribution in [0.2, 0.25) is 10.0 Å². The van der Waals surface area contributed by atoms with E-state index in [0.29, 0.717) is 46.7 Å². The van der Waals surface area contributed by atoms with E-state index < -0.39 is 0 Å². The number of ether oxygens (including phenoxy) is 1. The minimum Gasteiger partial charge on any atom is -0.493 e. The van der Waals surface area contributed by atoms with Crippen molar-refractivity contribution in [3.05, 3.63) is 76.0 Å². The van der Waals surface area contributed by atoms with E-state index in [-0.39, 0.29) is 23.8 Å². The number of halogens is 2. The number of amides is 2. The standard InChI is InChI=1S/C26H28Cl2N4O3/c1-3-35-24-9-8-20(28)14-23(24)26(34)31-12-10-22(11-13-31)32-16-21(15-29-32)30-25(33)17(2)18-4-6-19(27)7-5-18/h4-9,14-17,22H,3,10-13H2,1-2H3,(H,30,33). The van der Waals surface area contributed by atoms with Crippen molar-refractivity contribution in [2.45, 2.75) is 38.6 Å². The lowest BCUT2D eigenvalue weighted by Crippen LogP contribution is -2.39. The van der Waals surface area contributed by atoms with Crippen LogP contribution in [0.1, 0.15) is 54.6 Å². The van der Waals surface area contributed by atoms with Crippen molar-refractivity contribution >= 4 is 40.7 Å². The number of hydrogen-bond donors (Lipinski definition) is 1. The second-order valence-corrected chi connectivity index (χ2v) is 9.44. The first-order valence-electron chi connectivity index (χ1n) is 11.7. The molecule has 2 heterocycles. The van der Waals surface area contributed by atoms with Crippen LogP contribution >= 0.6 is 23.2 Å². The van der Waals surface area contributed by atoms with Gasteiger partial charge < -0.3 is 15.0 Å². The van der Waals surface area contributed by atoms with Crippen LogP contribution in [0, 0.1) is 0 Å². The molecule has 7 nitrogen and oxygen atoms in total. The second-order valence-electron chi connectivity index (χ2n) is 8.57. The summed E-state index contributed by atoms with van der Waals surface area (Å²) in [5.41, 5.74) is 2.02. The number of piperidine rings is 1. The fourth-order valence-electron chi connectivity index (χ4n) is 4.21. The number of aromatic nitrogens is 2. The highest BCUT2D eigenvalue weighted by Gasteiger charge is 2.27. The van der Waals surface area contributed by atoms with Crippen molar-refractivity contribution < 1.29 is 14.3 Å². The number of hydrogen-bond acceptors (Lipinski definition) is 4. The molecule has 35 heavy (non-hydrogen) atoms. The molecule has 2 amide bonds. The lowest BCUT2D eigenvalue weighted by molar-refractivity contribution is -0.117. The maximum absolute atomic E-state index is 13.1. The Kier molecular flexibility index (Phi) is 7.98. The molecule has 1 N–H and O–H groups in total. The van der Waals surface area contributed by atoms with E-state index in [1.807, 2.05) is 41.8 Å². The number of anilines is 1. The molecule has 1 aromatic heterocycles. The Morgan fingerprint density at radius 3 is 2.49 bits per heavy atom. The van der Waals surface area contributed by atoms with E-state index in [4.69, 9.17) is 27.9 Å². The quantitative estimate of drug-likeness (QED) is 0.431. The van der Waals surface area contributed by atoms with E-state index in [0.717, 1.165) is 18.4 Å². The highest BCUT2D eigenvalue weighted by Crippen LogP contribution is 2.29. The molecule has 1 atom stereocenters. The number of carbonyl (C=O) groups excluding carboxylic acids is 2. The molecule has 1 saturated heterocycles. The first kappa shape index (κ1) is 25.1. The van der Waals surface area contributed by atoms with Gasteiger partial charge in [-0.1, -0.05) is 35.3 Å². The Morgan fingerprint density at radius 2 is 1.80 bits per heavy atom. The third-order valence-electron chi connectivity index (χ3n) is 6.23. The number of nitrogens with zero attached hydrogens (tertiary/aromatic N) is 3. The molecular formula is C26H28Cl2N4O3. The summed E-state index contributed by atoms with van der Waals surface area (Å²) in [6, 6.07) is 12.5. The van der Waals surface area contributed by atoms with Gasteiger partial charge in [0, 0.05) is 29.3 Å². The SMILES string of the molecule is CCOc1ccc(Cl)cc1C(=O)N1CCC(n2cc(NC(=O)C(C)c3ccc(Cl)cc3)cn2)CC1. The highest BCUT2D eigenvalue weighted by molar-refractivity contribution is 6.31. The molecule has 9 heteroatoms. The molecule has 1 unspecified atom stereocenters. The summed E-state index contributed by atoms with van der Waals surface area (Å²) < 4.78 is 7.49. The molecule has 0 radical (unpaired) electrons. The minimum atomic E-state index is -0.321. The molecule has 3 aromatic rings. The van der Waals surface area contributed by atoms with Crippen molar-refractivity contribution in [1.29, 1.82) is 0 Å². The molecule has 0 spiro atoms. The van der Waals surface area contributed by atoms with Crippen LogP contribution in [0.4, 0.5) is 5.69 Å².